The van der Waals surface area contributed by atoms with Gasteiger partial charge >= 0.3 is 6.36 Å². The molecule has 1 aromatic heterocycles. The summed E-state index contributed by atoms with van der Waals surface area (Å²) in [7, 11) is 0. The molecule has 2 aromatic carbocycles. The van der Waals surface area contributed by atoms with Gasteiger partial charge in [-0.1, -0.05) is 25.1 Å². The second-order valence-electron chi connectivity index (χ2n) is 8.09. The number of alkyl halides is 3. The second-order valence-corrected chi connectivity index (χ2v) is 8.09. The van der Waals surface area contributed by atoms with Crippen molar-refractivity contribution in [2.45, 2.75) is 32.2 Å². The molecule has 0 aliphatic heterocycles. The Balaban J connectivity index is 1.74. The highest BCUT2D eigenvalue weighted by atomic mass is 19.4. The Hall–Kier alpha value is -3.83. The maximum Gasteiger partial charge on any atom is 0.522 e. The molecule has 0 spiro atoms. The van der Waals surface area contributed by atoms with Gasteiger partial charge in [0, 0.05) is 29.2 Å². The molecule has 11 heteroatoms. The monoisotopic (exact) mass is 519 g/mol. The molecular formula is C26H25F4N3O4. The summed E-state index contributed by atoms with van der Waals surface area (Å²) >= 11 is 0. The van der Waals surface area contributed by atoms with Crippen LogP contribution in [-0.2, 0) is 11.2 Å². The maximum atomic E-state index is 13.6. The van der Waals surface area contributed by atoms with E-state index in [2.05, 4.69) is 20.4 Å². The maximum absolute atomic E-state index is 13.6. The summed E-state index contributed by atoms with van der Waals surface area (Å²) in [5.74, 6) is -1.57. The fourth-order valence-electron chi connectivity index (χ4n) is 3.52. The minimum Gasteiger partial charge on any atom is -0.394 e. The third kappa shape index (κ3) is 8.09. The lowest BCUT2D eigenvalue weighted by Crippen LogP contribution is -2.38. The largest absolute Gasteiger partial charge is 0.522 e. The van der Waals surface area contributed by atoms with Crippen LogP contribution in [0.5, 0.6) is 0 Å². The molecule has 0 radical (unpaired) electrons. The molecule has 1 heterocycles. The number of aliphatic hydroxyl groups is 1. The molecule has 3 rings (SSSR count). The number of ether oxygens (including phenoxy) is 1. The summed E-state index contributed by atoms with van der Waals surface area (Å²) < 4.78 is 53.8. The van der Waals surface area contributed by atoms with E-state index < -0.39 is 43.2 Å². The molecular weight excluding hydrogens is 494 g/mol. The molecule has 3 N–H and O–H groups in total. The predicted molar refractivity (Wildman–Crippen MR) is 128 cm³/mol. The Labute approximate surface area is 210 Å². The highest BCUT2D eigenvalue weighted by Gasteiger charge is 2.29. The number of halogens is 4. The summed E-state index contributed by atoms with van der Waals surface area (Å²) in [6.45, 7) is 0.547. The SMILES string of the molecule is CCc1ccc(C(=O)N[C@H](CO)CCOC(F)(F)F)cc1NC(=O)c1cncc(-c2cccc(F)c2)c1. The smallest absolute Gasteiger partial charge is 0.394 e. The van der Waals surface area contributed by atoms with Crippen LogP contribution in [-0.4, -0.2) is 47.5 Å². The molecule has 37 heavy (non-hydrogen) atoms. The van der Waals surface area contributed by atoms with Crippen molar-refractivity contribution in [1.82, 2.24) is 10.3 Å². The number of aliphatic hydroxyl groups excluding tert-OH is 1. The standard InChI is InChI=1S/C26H25F4N3O4/c1-2-16-6-7-18(24(35)32-22(15-34)8-9-37-26(28,29)30)12-23(16)33-25(36)20-10-19(13-31-14-20)17-4-3-5-21(27)11-17/h3-7,10-14,22,34H,2,8-9,15H2,1H3,(H,32,35)(H,33,36)/t22-/m0/s1. The van der Waals surface area contributed by atoms with E-state index in [9.17, 15) is 32.3 Å². The number of nitrogens with zero attached hydrogens (tertiary/aromatic N) is 1. The first-order chi connectivity index (χ1) is 17.6. The van der Waals surface area contributed by atoms with Gasteiger partial charge in [0.25, 0.3) is 11.8 Å². The quantitative estimate of drug-likeness (QED) is 0.337. The van der Waals surface area contributed by atoms with E-state index in [4.69, 9.17) is 0 Å². The number of carbonyl (C=O) groups is 2. The van der Waals surface area contributed by atoms with Gasteiger partial charge in [-0.3, -0.25) is 19.3 Å². The van der Waals surface area contributed by atoms with Crippen molar-refractivity contribution < 1.29 is 37.0 Å². The first kappa shape index (κ1) is 27.8. The van der Waals surface area contributed by atoms with Gasteiger partial charge < -0.3 is 15.7 Å². The molecule has 0 fully saturated rings. The lowest BCUT2D eigenvalue weighted by molar-refractivity contribution is -0.325. The minimum absolute atomic E-state index is 0.134. The molecule has 2 amide bonds. The van der Waals surface area contributed by atoms with Gasteiger partial charge in [-0.2, -0.15) is 0 Å². The molecule has 196 valence electrons. The van der Waals surface area contributed by atoms with Crippen molar-refractivity contribution in [3.8, 4) is 11.1 Å². The van der Waals surface area contributed by atoms with Gasteiger partial charge in [-0.05, 0) is 54.3 Å². The Morgan fingerprint density at radius 2 is 1.81 bits per heavy atom. The average molecular weight is 519 g/mol. The summed E-state index contributed by atoms with van der Waals surface area (Å²) in [5.41, 5.74) is 2.53. The lowest BCUT2D eigenvalue weighted by Gasteiger charge is -2.18. The minimum atomic E-state index is -4.81. The van der Waals surface area contributed by atoms with E-state index in [0.717, 1.165) is 5.56 Å². The number of aryl methyl sites for hydroxylation is 1. The number of benzene rings is 2. The number of hydrogen-bond acceptors (Lipinski definition) is 5. The molecule has 0 aliphatic carbocycles. The van der Waals surface area contributed by atoms with E-state index in [0.29, 0.717) is 23.2 Å². The molecule has 7 nitrogen and oxygen atoms in total. The van der Waals surface area contributed by atoms with E-state index in [-0.39, 0.29) is 17.5 Å². The van der Waals surface area contributed by atoms with Crippen LogP contribution in [0.3, 0.4) is 0 Å². The number of aromatic nitrogens is 1. The first-order valence-electron chi connectivity index (χ1n) is 11.4. The number of hydrogen-bond donors (Lipinski definition) is 3. The lowest BCUT2D eigenvalue weighted by atomic mass is 10.0. The zero-order chi connectivity index (χ0) is 27.0. The van der Waals surface area contributed by atoms with E-state index in [1.165, 1.54) is 36.7 Å². The van der Waals surface area contributed by atoms with Gasteiger partial charge in [0.2, 0.25) is 0 Å². The third-order valence-electron chi connectivity index (χ3n) is 5.45. The average Bonchev–Trinajstić information content (AvgIpc) is 2.87. The van der Waals surface area contributed by atoms with Crippen LogP contribution in [0.2, 0.25) is 0 Å². The second kappa shape index (κ2) is 12.4. The van der Waals surface area contributed by atoms with Crippen molar-refractivity contribution in [1.29, 1.82) is 0 Å². The molecule has 0 saturated carbocycles. The Bertz CT molecular complexity index is 1250. The van der Waals surface area contributed by atoms with Crippen molar-refractivity contribution in [3.05, 3.63) is 83.4 Å². The van der Waals surface area contributed by atoms with Crippen LogP contribution in [0.25, 0.3) is 11.1 Å². The number of anilines is 1. The molecule has 1 atom stereocenters. The van der Waals surface area contributed by atoms with Crippen LogP contribution < -0.4 is 10.6 Å². The van der Waals surface area contributed by atoms with Crippen molar-refractivity contribution >= 4 is 17.5 Å². The fourth-order valence-corrected chi connectivity index (χ4v) is 3.52. The topological polar surface area (TPSA) is 101 Å². The third-order valence-corrected chi connectivity index (χ3v) is 5.45. The van der Waals surface area contributed by atoms with Crippen molar-refractivity contribution in [2.75, 3.05) is 18.5 Å². The van der Waals surface area contributed by atoms with Crippen LogP contribution in [0.4, 0.5) is 23.2 Å². The van der Waals surface area contributed by atoms with Crippen LogP contribution >= 0.6 is 0 Å². The van der Waals surface area contributed by atoms with Gasteiger partial charge in [0.15, 0.2) is 0 Å². The van der Waals surface area contributed by atoms with E-state index >= 15 is 0 Å². The highest BCUT2D eigenvalue weighted by Crippen LogP contribution is 2.23. The molecule has 0 unspecified atom stereocenters. The number of pyridine rings is 1. The predicted octanol–water partition coefficient (Wildman–Crippen LogP) is 4.72. The number of nitrogens with one attached hydrogen (secondary N) is 2. The zero-order valence-electron chi connectivity index (χ0n) is 19.8. The van der Waals surface area contributed by atoms with Crippen LogP contribution in [0.1, 0.15) is 39.6 Å². The number of rotatable bonds is 10. The number of carbonyl (C=O) groups excluding carboxylic acids is 2. The summed E-state index contributed by atoms with van der Waals surface area (Å²) in [5, 5.41) is 14.6. The van der Waals surface area contributed by atoms with Gasteiger partial charge in [-0.25, -0.2) is 4.39 Å². The van der Waals surface area contributed by atoms with E-state index in [1.807, 2.05) is 6.92 Å². The Kier molecular flexibility index (Phi) is 9.31. The highest BCUT2D eigenvalue weighted by molar-refractivity contribution is 6.06. The van der Waals surface area contributed by atoms with Crippen molar-refractivity contribution in [2.24, 2.45) is 0 Å². The van der Waals surface area contributed by atoms with Gasteiger partial charge in [0.1, 0.15) is 5.82 Å². The molecule has 3 aromatic rings. The Morgan fingerprint density at radius 3 is 2.49 bits per heavy atom. The Morgan fingerprint density at radius 1 is 1.03 bits per heavy atom. The molecule has 0 saturated heterocycles. The molecule has 0 aliphatic rings. The fraction of sp³-hybridized carbons (Fsp3) is 0.269. The molecule has 0 bridgehead atoms. The first-order valence-corrected chi connectivity index (χ1v) is 11.4. The summed E-state index contributed by atoms with van der Waals surface area (Å²) in [6.07, 6.45) is -1.67. The number of amides is 2. The zero-order valence-corrected chi connectivity index (χ0v) is 19.8. The van der Waals surface area contributed by atoms with Gasteiger partial charge in [0.05, 0.1) is 24.8 Å². The normalized spacial score (nSPS) is 12.2. The van der Waals surface area contributed by atoms with E-state index in [1.54, 1.807) is 24.3 Å². The van der Waals surface area contributed by atoms with Gasteiger partial charge in [-0.15, -0.1) is 13.2 Å². The summed E-state index contributed by atoms with van der Waals surface area (Å²) in [4.78, 5) is 29.7. The summed E-state index contributed by atoms with van der Waals surface area (Å²) in [6, 6.07) is 11.1. The van der Waals surface area contributed by atoms with Crippen molar-refractivity contribution in [3.63, 3.8) is 0 Å². The van der Waals surface area contributed by atoms with Crippen LogP contribution in [0, 0.1) is 5.82 Å². The van der Waals surface area contributed by atoms with Crippen LogP contribution in [0.15, 0.2) is 60.9 Å².